The maximum absolute atomic E-state index is 13.6. The number of pyridine rings is 1. The normalized spacial score (nSPS) is 14.7. The van der Waals surface area contributed by atoms with Crippen LogP contribution in [-0.4, -0.2) is 44.8 Å². The summed E-state index contributed by atoms with van der Waals surface area (Å²) in [5, 5.41) is 3.37. The van der Waals surface area contributed by atoms with Crippen LogP contribution in [0.1, 0.15) is 46.8 Å². The van der Waals surface area contributed by atoms with Gasteiger partial charge in [0.15, 0.2) is 5.89 Å². The average molecular weight is 590 g/mol. The highest BCUT2D eigenvalue weighted by Gasteiger charge is 2.30. The van der Waals surface area contributed by atoms with Crippen molar-refractivity contribution in [3.8, 4) is 0 Å². The second-order valence-electron chi connectivity index (χ2n) is 10.8. The second kappa shape index (κ2) is 13.2. The number of piperidine rings is 1. The number of carbonyl (C=O) groups is 1. The van der Waals surface area contributed by atoms with Crippen LogP contribution in [-0.2, 0) is 24.1 Å². The molecule has 2 aromatic heterocycles. The largest absolute Gasteiger partial charge is 0.449 e. The number of nitrogens with one attached hydrogen (secondary N) is 1. The van der Waals surface area contributed by atoms with Crippen molar-refractivity contribution in [3.63, 3.8) is 0 Å². The number of hydrogen-bond acceptors (Lipinski definition) is 6. The van der Waals surface area contributed by atoms with Crippen molar-refractivity contribution in [1.29, 1.82) is 0 Å². The Balaban J connectivity index is 1.28. The topological polar surface area (TPSA) is 74.5 Å². The smallest absolute Gasteiger partial charge is 0.416 e. The Morgan fingerprint density at radius 1 is 1.05 bits per heavy atom. The van der Waals surface area contributed by atoms with Crippen molar-refractivity contribution in [2.24, 2.45) is 0 Å². The lowest BCUT2D eigenvalue weighted by molar-refractivity contribution is -0.137. The van der Waals surface area contributed by atoms with Crippen LogP contribution in [0.4, 0.5) is 24.5 Å². The maximum Gasteiger partial charge on any atom is 0.416 e. The van der Waals surface area contributed by atoms with Gasteiger partial charge in [-0.15, -0.1) is 0 Å². The van der Waals surface area contributed by atoms with Gasteiger partial charge in [0.1, 0.15) is 6.26 Å². The second-order valence-corrected chi connectivity index (χ2v) is 10.8. The van der Waals surface area contributed by atoms with Gasteiger partial charge in [-0.3, -0.25) is 14.7 Å². The standard InChI is InChI=1S/C33H34F3N5O2/c1-23-19-29(13-16-37-23)39-28-10-5-26(6-11-28)20-41(31-14-17-40(18-15-31)21-30-22-43-24(2)38-30)32(42)12-7-25-3-8-27(9-4-25)33(34,35)36/h3-13,16,19,22,31H,14-15,17-18,20-21H2,1-2H3,(H,37,39). The average Bonchev–Trinajstić information content (AvgIpc) is 3.40. The molecule has 0 spiro atoms. The van der Waals surface area contributed by atoms with Crippen molar-refractivity contribution >= 4 is 23.4 Å². The number of alkyl halides is 3. The molecule has 3 heterocycles. The van der Waals surface area contributed by atoms with E-state index < -0.39 is 11.7 Å². The highest BCUT2D eigenvalue weighted by atomic mass is 19.4. The summed E-state index contributed by atoms with van der Waals surface area (Å²) in [6.45, 7) is 6.47. The van der Waals surface area contributed by atoms with Crippen molar-refractivity contribution in [1.82, 2.24) is 19.8 Å². The molecule has 0 aliphatic carbocycles. The Hall–Kier alpha value is -4.44. The molecule has 224 valence electrons. The van der Waals surface area contributed by atoms with Crippen molar-refractivity contribution in [3.05, 3.63) is 113 Å². The first-order valence-electron chi connectivity index (χ1n) is 14.2. The highest BCUT2D eigenvalue weighted by molar-refractivity contribution is 5.92. The summed E-state index contributed by atoms with van der Waals surface area (Å²) in [4.78, 5) is 26.4. The number of halogens is 3. The number of amides is 1. The Morgan fingerprint density at radius 3 is 2.40 bits per heavy atom. The maximum atomic E-state index is 13.6. The molecule has 0 unspecified atom stereocenters. The first-order chi connectivity index (χ1) is 20.6. The van der Waals surface area contributed by atoms with Gasteiger partial charge in [0.05, 0.1) is 11.3 Å². The van der Waals surface area contributed by atoms with Crippen LogP contribution in [0.25, 0.3) is 6.08 Å². The SMILES string of the molecule is Cc1cc(Nc2ccc(CN(C(=O)C=Cc3ccc(C(F)(F)F)cc3)C3CCN(Cc4coc(C)n4)CC3)cc2)ccn1. The summed E-state index contributed by atoms with van der Waals surface area (Å²) in [6.07, 6.45) is 3.63. The molecule has 4 aromatic rings. The van der Waals surface area contributed by atoms with Crippen LogP contribution in [0.15, 0.2) is 83.6 Å². The predicted octanol–water partition coefficient (Wildman–Crippen LogP) is 7.16. The van der Waals surface area contributed by atoms with E-state index in [1.54, 1.807) is 18.5 Å². The van der Waals surface area contributed by atoms with E-state index in [0.29, 0.717) is 24.5 Å². The predicted molar refractivity (Wildman–Crippen MR) is 159 cm³/mol. The molecule has 0 radical (unpaired) electrons. The molecule has 1 aliphatic rings. The van der Waals surface area contributed by atoms with Crippen LogP contribution in [0.5, 0.6) is 0 Å². The molecule has 0 saturated carbocycles. The van der Waals surface area contributed by atoms with E-state index in [4.69, 9.17) is 4.42 Å². The summed E-state index contributed by atoms with van der Waals surface area (Å²) in [5.41, 5.74) is 4.46. The van der Waals surface area contributed by atoms with Gasteiger partial charge in [0.25, 0.3) is 0 Å². The van der Waals surface area contributed by atoms with E-state index in [0.717, 1.165) is 66.4 Å². The molecule has 1 amide bonds. The summed E-state index contributed by atoms with van der Waals surface area (Å²) in [5.74, 6) is 0.457. The third-order valence-electron chi connectivity index (χ3n) is 7.48. The molecule has 0 bridgehead atoms. The van der Waals surface area contributed by atoms with Gasteiger partial charge in [-0.1, -0.05) is 24.3 Å². The molecular weight excluding hydrogens is 555 g/mol. The zero-order valence-corrected chi connectivity index (χ0v) is 24.1. The number of aromatic nitrogens is 2. The number of oxazole rings is 1. The first kappa shape index (κ1) is 30.0. The third-order valence-corrected chi connectivity index (χ3v) is 7.48. The van der Waals surface area contributed by atoms with Crippen LogP contribution < -0.4 is 5.32 Å². The summed E-state index contributed by atoms with van der Waals surface area (Å²) >= 11 is 0. The lowest BCUT2D eigenvalue weighted by atomic mass is 10.0. The fraction of sp³-hybridized carbons (Fsp3) is 0.303. The number of benzene rings is 2. The van der Waals surface area contributed by atoms with Crippen LogP contribution >= 0.6 is 0 Å². The lowest BCUT2D eigenvalue weighted by Crippen LogP contribution is -2.46. The monoisotopic (exact) mass is 589 g/mol. The quantitative estimate of drug-likeness (QED) is 0.209. The van der Waals surface area contributed by atoms with Gasteiger partial charge >= 0.3 is 6.18 Å². The van der Waals surface area contributed by atoms with Crippen LogP contribution in [0, 0.1) is 13.8 Å². The van der Waals surface area contributed by atoms with E-state index in [2.05, 4.69) is 20.2 Å². The zero-order valence-electron chi connectivity index (χ0n) is 24.1. The van der Waals surface area contributed by atoms with Gasteiger partial charge in [-0.2, -0.15) is 13.2 Å². The number of nitrogens with zero attached hydrogens (tertiary/aromatic N) is 4. The summed E-state index contributed by atoms with van der Waals surface area (Å²) in [7, 11) is 0. The van der Waals surface area contributed by atoms with Crippen molar-refractivity contribution in [2.45, 2.75) is 52.0 Å². The van der Waals surface area contributed by atoms with E-state index in [9.17, 15) is 18.0 Å². The number of likely N-dealkylation sites (tertiary alicyclic amines) is 1. The molecule has 10 heteroatoms. The number of anilines is 2. The lowest BCUT2D eigenvalue weighted by Gasteiger charge is -2.38. The number of aryl methyl sites for hydroxylation is 2. The van der Waals surface area contributed by atoms with E-state index in [1.165, 1.54) is 18.2 Å². The number of rotatable bonds is 9. The van der Waals surface area contributed by atoms with Crippen molar-refractivity contribution < 1.29 is 22.4 Å². The zero-order chi connectivity index (χ0) is 30.4. The molecule has 2 aromatic carbocycles. The van der Waals surface area contributed by atoms with Crippen LogP contribution in [0.2, 0.25) is 0 Å². The summed E-state index contributed by atoms with van der Waals surface area (Å²) < 4.78 is 44.2. The Labute approximate surface area is 249 Å². The Kier molecular flexibility index (Phi) is 9.25. The minimum atomic E-state index is -4.40. The van der Waals surface area contributed by atoms with Gasteiger partial charge in [0, 0.05) is 68.5 Å². The van der Waals surface area contributed by atoms with Crippen molar-refractivity contribution in [2.75, 3.05) is 18.4 Å². The Morgan fingerprint density at radius 2 is 1.77 bits per heavy atom. The molecule has 1 fully saturated rings. The molecule has 7 nitrogen and oxygen atoms in total. The summed E-state index contributed by atoms with van der Waals surface area (Å²) in [6, 6.07) is 16.6. The highest BCUT2D eigenvalue weighted by Crippen LogP contribution is 2.29. The fourth-order valence-corrected chi connectivity index (χ4v) is 5.21. The van der Waals surface area contributed by atoms with E-state index in [1.807, 2.05) is 55.1 Å². The van der Waals surface area contributed by atoms with Gasteiger partial charge in [-0.25, -0.2) is 4.98 Å². The van der Waals surface area contributed by atoms with Gasteiger partial charge in [-0.05, 0) is 73.4 Å². The molecule has 0 atom stereocenters. The van der Waals surface area contributed by atoms with Gasteiger partial charge in [0.2, 0.25) is 5.91 Å². The molecule has 1 saturated heterocycles. The molecule has 43 heavy (non-hydrogen) atoms. The van der Waals surface area contributed by atoms with Crippen LogP contribution in [0.3, 0.4) is 0 Å². The van der Waals surface area contributed by atoms with E-state index >= 15 is 0 Å². The molecule has 1 N–H and O–H groups in total. The third kappa shape index (κ3) is 8.32. The number of hydrogen-bond donors (Lipinski definition) is 1. The van der Waals surface area contributed by atoms with Gasteiger partial charge < -0.3 is 14.6 Å². The Bertz CT molecular complexity index is 1540. The minimum absolute atomic E-state index is 0.0117. The van der Waals surface area contributed by atoms with E-state index in [-0.39, 0.29) is 11.9 Å². The fourth-order valence-electron chi connectivity index (χ4n) is 5.21. The molecule has 1 aliphatic heterocycles. The molecular formula is C33H34F3N5O2. The number of carbonyl (C=O) groups excluding carboxylic acids is 1. The minimum Gasteiger partial charge on any atom is -0.449 e. The first-order valence-corrected chi connectivity index (χ1v) is 14.2. The molecule has 5 rings (SSSR count).